The Morgan fingerprint density at radius 2 is 1.88 bits per heavy atom. The van der Waals surface area contributed by atoms with Crippen molar-refractivity contribution in [3.63, 3.8) is 0 Å². The Morgan fingerprint density at radius 3 is 2.48 bits per heavy atom. The summed E-state index contributed by atoms with van der Waals surface area (Å²) >= 11 is 0. The van der Waals surface area contributed by atoms with Crippen LogP contribution in [0.1, 0.15) is 39.9 Å². The molecule has 11 heteroatoms. The van der Waals surface area contributed by atoms with Crippen LogP contribution in [0.15, 0.2) is 47.7 Å². The van der Waals surface area contributed by atoms with Gasteiger partial charge in [0.2, 0.25) is 0 Å². The van der Waals surface area contributed by atoms with Crippen molar-refractivity contribution in [1.29, 1.82) is 0 Å². The molecule has 0 aliphatic rings. The maximum absolute atomic E-state index is 12.6. The van der Waals surface area contributed by atoms with Crippen molar-refractivity contribution in [1.82, 2.24) is 19.8 Å². The fourth-order valence-electron chi connectivity index (χ4n) is 3.23. The van der Waals surface area contributed by atoms with E-state index in [4.69, 9.17) is 4.74 Å². The summed E-state index contributed by atoms with van der Waals surface area (Å²) in [5, 5.41) is 7.22. The van der Waals surface area contributed by atoms with Crippen LogP contribution in [0.3, 0.4) is 0 Å². The number of alkyl halides is 3. The average molecular weight is 461 g/mol. The van der Waals surface area contributed by atoms with E-state index in [-0.39, 0.29) is 0 Å². The van der Waals surface area contributed by atoms with E-state index < -0.39 is 30.3 Å². The molecule has 0 bridgehead atoms. The van der Waals surface area contributed by atoms with E-state index in [0.29, 0.717) is 12.2 Å². The Labute approximate surface area is 187 Å². The monoisotopic (exact) mass is 461 g/mol. The van der Waals surface area contributed by atoms with Crippen molar-refractivity contribution < 1.29 is 27.5 Å². The third-order valence-electron chi connectivity index (χ3n) is 4.74. The van der Waals surface area contributed by atoms with Crippen molar-refractivity contribution in [2.24, 2.45) is 5.10 Å². The van der Waals surface area contributed by atoms with Gasteiger partial charge in [-0.15, -0.1) is 0 Å². The normalized spacial score (nSPS) is 11.7. The molecule has 0 saturated heterocycles. The summed E-state index contributed by atoms with van der Waals surface area (Å²) < 4.78 is 45.6. The first-order valence-electron chi connectivity index (χ1n) is 9.99. The zero-order valence-electron chi connectivity index (χ0n) is 18.2. The van der Waals surface area contributed by atoms with Crippen molar-refractivity contribution >= 4 is 18.1 Å². The Hall–Kier alpha value is -3.89. The van der Waals surface area contributed by atoms with Crippen LogP contribution in [-0.2, 0) is 22.3 Å². The SMILES string of the molecule is CCOC(=O)c1ccc(-n2c(C)cc(/C=N/NC(=O)Cn3ccc(C(F)(F)F)n3)c2C)cc1. The number of carbonyl (C=O) groups excluding carboxylic acids is 2. The number of hydrogen-bond acceptors (Lipinski definition) is 5. The van der Waals surface area contributed by atoms with E-state index >= 15 is 0 Å². The topological polar surface area (TPSA) is 90.5 Å². The van der Waals surface area contributed by atoms with E-state index in [2.05, 4.69) is 15.6 Å². The molecular weight excluding hydrogens is 439 g/mol. The smallest absolute Gasteiger partial charge is 0.435 e. The average Bonchev–Trinajstić information content (AvgIpc) is 3.33. The van der Waals surface area contributed by atoms with Crippen LogP contribution >= 0.6 is 0 Å². The van der Waals surface area contributed by atoms with Gasteiger partial charge in [-0.1, -0.05) is 0 Å². The number of carbonyl (C=O) groups is 2. The van der Waals surface area contributed by atoms with Crippen LogP contribution in [0, 0.1) is 13.8 Å². The summed E-state index contributed by atoms with van der Waals surface area (Å²) in [5.41, 5.74) is 4.98. The number of hydrogen-bond donors (Lipinski definition) is 1. The summed E-state index contributed by atoms with van der Waals surface area (Å²) in [6, 6.07) is 9.62. The Morgan fingerprint density at radius 1 is 1.18 bits per heavy atom. The fraction of sp³-hybridized carbons (Fsp3) is 0.273. The number of aromatic nitrogens is 3. The number of aryl methyl sites for hydroxylation is 1. The second-order valence-electron chi connectivity index (χ2n) is 7.12. The number of hydrazone groups is 1. The van der Waals surface area contributed by atoms with E-state index in [0.717, 1.165) is 39.6 Å². The van der Waals surface area contributed by atoms with Gasteiger partial charge in [-0.3, -0.25) is 9.48 Å². The van der Waals surface area contributed by atoms with Crippen molar-refractivity contribution in [2.45, 2.75) is 33.5 Å². The fourth-order valence-corrected chi connectivity index (χ4v) is 3.23. The Bertz CT molecular complexity index is 1180. The highest BCUT2D eigenvalue weighted by Gasteiger charge is 2.33. The summed E-state index contributed by atoms with van der Waals surface area (Å²) in [6.07, 6.45) is -2.04. The molecule has 0 aliphatic carbocycles. The molecule has 2 heterocycles. The predicted molar refractivity (Wildman–Crippen MR) is 114 cm³/mol. The maximum Gasteiger partial charge on any atom is 0.435 e. The summed E-state index contributed by atoms with van der Waals surface area (Å²) in [7, 11) is 0. The number of nitrogens with one attached hydrogen (secondary N) is 1. The second kappa shape index (κ2) is 9.72. The number of benzene rings is 1. The highest BCUT2D eigenvalue weighted by atomic mass is 19.4. The molecule has 33 heavy (non-hydrogen) atoms. The molecular formula is C22H22F3N5O3. The van der Waals surface area contributed by atoms with Crippen LogP contribution in [0.25, 0.3) is 5.69 Å². The van der Waals surface area contributed by atoms with Crippen molar-refractivity contribution in [2.75, 3.05) is 6.61 Å². The summed E-state index contributed by atoms with van der Waals surface area (Å²) in [4.78, 5) is 23.8. The quantitative estimate of drug-likeness (QED) is 0.331. The number of esters is 1. The van der Waals surface area contributed by atoms with Crippen LogP contribution in [0.4, 0.5) is 13.2 Å². The minimum absolute atomic E-state index is 0.298. The van der Waals surface area contributed by atoms with E-state index in [9.17, 15) is 22.8 Å². The molecule has 0 radical (unpaired) electrons. The van der Waals surface area contributed by atoms with Gasteiger partial charge in [0, 0.05) is 28.8 Å². The molecule has 0 fully saturated rings. The van der Waals surface area contributed by atoms with Crippen LogP contribution < -0.4 is 5.43 Å². The number of ether oxygens (including phenoxy) is 1. The molecule has 3 aromatic rings. The Kier molecular flexibility index (Phi) is 7.00. The first-order chi connectivity index (χ1) is 15.6. The third-order valence-corrected chi connectivity index (χ3v) is 4.74. The molecule has 0 atom stereocenters. The largest absolute Gasteiger partial charge is 0.462 e. The van der Waals surface area contributed by atoms with E-state index in [1.807, 2.05) is 24.5 Å². The molecule has 2 aromatic heterocycles. The minimum Gasteiger partial charge on any atom is -0.462 e. The lowest BCUT2D eigenvalue weighted by Crippen LogP contribution is -2.23. The maximum atomic E-state index is 12.6. The molecule has 1 aromatic carbocycles. The second-order valence-corrected chi connectivity index (χ2v) is 7.12. The van der Waals surface area contributed by atoms with Gasteiger partial charge in [-0.25, -0.2) is 10.2 Å². The molecule has 0 unspecified atom stereocenters. The lowest BCUT2D eigenvalue weighted by molar-refractivity contribution is -0.141. The van der Waals surface area contributed by atoms with Gasteiger partial charge in [0.25, 0.3) is 5.91 Å². The first-order valence-corrected chi connectivity index (χ1v) is 9.99. The molecule has 1 N–H and O–H groups in total. The highest BCUT2D eigenvalue weighted by Crippen LogP contribution is 2.27. The molecule has 8 nitrogen and oxygen atoms in total. The van der Waals surface area contributed by atoms with Gasteiger partial charge in [-0.2, -0.15) is 23.4 Å². The number of halogens is 3. The predicted octanol–water partition coefficient (Wildman–Crippen LogP) is 3.64. The van der Waals surface area contributed by atoms with Crippen molar-refractivity contribution in [3.8, 4) is 5.69 Å². The van der Waals surface area contributed by atoms with Gasteiger partial charge >= 0.3 is 12.1 Å². The number of nitrogens with zero attached hydrogens (tertiary/aromatic N) is 4. The van der Waals surface area contributed by atoms with Gasteiger partial charge in [0.15, 0.2) is 5.69 Å². The van der Waals surface area contributed by atoms with Gasteiger partial charge in [-0.05, 0) is 57.2 Å². The lowest BCUT2D eigenvalue weighted by atomic mass is 10.2. The van der Waals surface area contributed by atoms with Gasteiger partial charge < -0.3 is 9.30 Å². The summed E-state index contributed by atoms with van der Waals surface area (Å²) in [5.74, 6) is -1.01. The zero-order valence-corrected chi connectivity index (χ0v) is 18.2. The standard InChI is InChI=1S/C22H22F3N5O3/c1-4-33-21(32)16-5-7-18(8-6-16)30-14(2)11-17(15(30)3)12-26-27-20(31)13-29-10-9-19(28-29)22(23,24)25/h5-12H,4,13H2,1-3H3,(H,27,31)/b26-12+. The highest BCUT2D eigenvalue weighted by molar-refractivity contribution is 5.89. The van der Waals surface area contributed by atoms with Gasteiger partial charge in [0.1, 0.15) is 6.54 Å². The Balaban J connectivity index is 1.66. The van der Waals surface area contributed by atoms with Crippen LogP contribution in [0.5, 0.6) is 0 Å². The summed E-state index contributed by atoms with van der Waals surface area (Å²) in [6.45, 7) is 5.41. The number of rotatable bonds is 7. The van der Waals surface area contributed by atoms with Crippen LogP contribution in [-0.4, -0.2) is 39.0 Å². The molecule has 174 valence electrons. The molecule has 1 amide bonds. The lowest BCUT2D eigenvalue weighted by Gasteiger charge is -2.10. The molecule has 0 saturated carbocycles. The first kappa shape index (κ1) is 23.8. The van der Waals surface area contributed by atoms with E-state index in [1.165, 1.54) is 6.21 Å². The van der Waals surface area contributed by atoms with E-state index in [1.54, 1.807) is 31.2 Å². The van der Waals surface area contributed by atoms with Crippen molar-refractivity contribution in [3.05, 3.63) is 70.8 Å². The zero-order chi connectivity index (χ0) is 24.2. The molecule has 0 aliphatic heterocycles. The molecule has 0 spiro atoms. The molecule has 3 rings (SSSR count). The number of amides is 1. The van der Waals surface area contributed by atoms with Gasteiger partial charge in [0.05, 0.1) is 18.4 Å². The van der Waals surface area contributed by atoms with Crippen LogP contribution in [0.2, 0.25) is 0 Å². The third kappa shape index (κ3) is 5.68. The minimum atomic E-state index is -4.57.